The number of likely N-dealkylation sites (N-methyl/N-ethyl adjacent to an activating group) is 1. The third-order valence-corrected chi connectivity index (χ3v) is 4.45. The first-order valence-corrected chi connectivity index (χ1v) is 7.58. The van der Waals surface area contributed by atoms with Crippen LogP contribution in [0.4, 0.5) is 0 Å². The fraction of sp³-hybridized carbons (Fsp3) is 0.647. The number of hydrogen-bond donors (Lipinski definition) is 1. The average molecular weight is 277 g/mol. The molecule has 0 saturated heterocycles. The van der Waals surface area contributed by atoms with Crippen molar-refractivity contribution in [3.63, 3.8) is 0 Å². The van der Waals surface area contributed by atoms with Crippen LogP contribution in [0.25, 0.3) is 0 Å². The first-order valence-electron chi connectivity index (χ1n) is 7.58. The Labute approximate surface area is 122 Å². The van der Waals surface area contributed by atoms with Crippen LogP contribution in [0.5, 0.6) is 5.75 Å². The van der Waals surface area contributed by atoms with Gasteiger partial charge in [0.15, 0.2) is 0 Å². The van der Waals surface area contributed by atoms with Crippen LogP contribution in [-0.2, 0) is 0 Å². The zero-order valence-electron chi connectivity index (χ0n) is 13.1. The largest absolute Gasteiger partial charge is 0.491 e. The van der Waals surface area contributed by atoms with Gasteiger partial charge in [-0.15, -0.1) is 0 Å². The second-order valence-corrected chi connectivity index (χ2v) is 6.31. The molecule has 3 heteroatoms. The Balaban J connectivity index is 2.34. The van der Waals surface area contributed by atoms with Crippen molar-refractivity contribution in [2.45, 2.75) is 57.3 Å². The maximum absolute atomic E-state index is 11.0. The van der Waals surface area contributed by atoms with Gasteiger partial charge in [-0.3, -0.25) is 0 Å². The molecule has 0 aliphatic heterocycles. The molecular weight excluding hydrogens is 250 g/mol. The summed E-state index contributed by atoms with van der Waals surface area (Å²) in [6.07, 6.45) is 4.05. The van der Waals surface area contributed by atoms with Crippen molar-refractivity contribution >= 4 is 0 Å². The van der Waals surface area contributed by atoms with Gasteiger partial charge in [-0.05, 0) is 46.9 Å². The third-order valence-electron chi connectivity index (χ3n) is 4.45. The van der Waals surface area contributed by atoms with Crippen LogP contribution in [-0.4, -0.2) is 35.7 Å². The van der Waals surface area contributed by atoms with E-state index in [9.17, 15) is 5.11 Å². The Kier molecular flexibility index (Phi) is 4.71. The van der Waals surface area contributed by atoms with Crippen molar-refractivity contribution in [2.24, 2.45) is 0 Å². The number of nitrogens with zero attached hydrogens (tertiary/aromatic N) is 1. The number of aliphatic hydroxyl groups excluding tert-OH is 1. The van der Waals surface area contributed by atoms with Crippen molar-refractivity contribution in [3.8, 4) is 5.75 Å². The second-order valence-electron chi connectivity index (χ2n) is 6.31. The molecule has 0 radical (unpaired) electrons. The highest BCUT2D eigenvalue weighted by Crippen LogP contribution is 2.45. The normalized spacial score (nSPS) is 19.6. The molecule has 0 heterocycles. The highest BCUT2D eigenvalue weighted by molar-refractivity contribution is 5.37. The van der Waals surface area contributed by atoms with Crippen LogP contribution in [0.1, 0.15) is 51.2 Å². The maximum atomic E-state index is 11.0. The van der Waals surface area contributed by atoms with E-state index in [1.54, 1.807) is 0 Å². The van der Waals surface area contributed by atoms with Gasteiger partial charge in [-0.25, -0.2) is 0 Å². The van der Waals surface area contributed by atoms with Gasteiger partial charge in [0.25, 0.3) is 0 Å². The van der Waals surface area contributed by atoms with Crippen molar-refractivity contribution in [2.75, 3.05) is 14.1 Å². The summed E-state index contributed by atoms with van der Waals surface area (Å²) < 4.78 is 5.87. The van der Waals surface area contributed by atoms with E-state index < -0.39 is 6.10 Å². The fourth-order valence-corrected chi connectivity index (χ4v) is 3.31. The van der Waals surface area contributed by atoms with Gasteiger partial charge in [-0.2, -0.15) is 0 Å². The van der Waals surface area contributed by atoms with Gasteiger partial charge in [0.05, 0.1) is 11.6 Å². The minimum Gasteiger partial charge on any atom is -0.491 e. The molecule has 1 unspecified atom stereocenters. The van der Waals surface area contributed by atoms with E-state index in [1.165, 1.54) is 12.8 Å². The van der Waals surface area contributed by atoms with Crippen molar-refractivity contribution < 1.29 is 9.84 Å². The summed E-state index contributed by atoms with van der Waals surface area (Å²) in [4.78, 5) is 2.19. The maximum Gasteiger partial charge on any atom is 0.125 e. The van der Waals surface area contributed by atoms with Gasteiger partial charge < -0.3 is 14.7 Å². The molecule has 3 nitrogen and oxygen atoms in total. The molecule has 0 spiro atoms. The second kappa shape index (κ2) is 6.15. The lowest BCUT2D eigenvalue weighted by atomic mass is 9.84. The molecule has 0 bridgehead atoms. The van der Waals surface area contributed by atoms with Crippen LogP contribution < -0.4 is 4.74 Å². The van der Waals surface area contributed by atoms with Crippen LogP contribution in [0.15, 0.2) is 24.3 Å². The standard InChI is InChI=1S/C17H27NO2/c1-13(2)20-15-10-6-5-9-14(15)16(19)17(18(3)4)11-7-8-12-17/h5-6,9-10,13,16,19H,7-8,11-12H2,1-4H3. The van der Waals surface area contributed by atoms with Crippen molar-refractivity contribution in [3.05, 3.63) is 29.8 Å². The van der Waals surface area contributed by atoms with E-state index in [4.69, 9.17) is 4.74 Å². The Bertz CT molecular complexity index is 436. The van der Waals surface area contributed by atoms with Crippen molar-refractivity contribution in [1.82, 2.24) is 4.90 Å². The molecule has 1 aliphatic carbocycles. The fourth-order valence-electron chi connectivity index (χ4n) is 3.31. The van der Waals surface area contributed by atoms with Gasteiger partial charge in [0.1, 0.15) is 11.9 Å². The molecule has 1 atom stereocenters. The minimum absolute atomic E-state index is 0.113. The molecule has 0 amide bonds. The summed E-state index contributed by atoms with van der Waals surface area (Å²) in [5, 5.41) is 11.0. The summed E-state index contributed by atoms with van der Waals surface area (Å²) in [5.41, 5.74) is 0.757. The van der Waals surface area contributed by atoms with E-state index >= 15 is 0 Å². The summed E-state index contributed by atoms with van der Waals surface area (Å²) >= 11 is 0. The number of hydrogen-bond acceptors (Lipinski definition) is 3. The summed E-state index contributed by atoms with van der Waals surface area (Å²) in [5.74, 6) is 0.808. The summed E-state index contributed by atoms with van der Waals surface area (Å²) in [6, 6.07) is 7.89. The predicted octanol–water partition coefficient (Wildman–Crippen LogP) is 3.38. The number of aliphatic hydroxyl groups is 1. The Morgan fingerprint density at radius 3 is 2.30 bits per heavy atom. The molecule has 1 fully saturated rings. The van der Waals surface area contributed by atoms with E-state index in [0.717, 1.165) is 24.2 Å². The van der Waals surface area contributed by atoms with Gasteiger partial charge in [0, 0.05) is 5.56 Å². The molecule has 1 aromatic carbocycles. The number of benzene rings is 1. The van der Waals surface area contributed by atoms with E-state index in [-0.39, 0.29) is 11.6 Å². The van der Waals surface area contributed by atoms with E-state index in [0.29, 0.717) is 0 Å². The molecule has 2 rings (SSSR count). The third kappa shape index (κ3) is 2.84. The molecule has 1 saturated carbocycles. The number of para-hydroxylation sites is 1. The van der Waals surface area contributed by atoms with Gasteiger partial charge in [-0.1, -0.05) is 31.0 Å². The van der Waals surface area contributed by atoms with Crippen LogP contribution in [0.2, 0.25) is 0 Å². The van der Waals surface area contributed by atoms with Gasteiger partial charge in [0.2, 0.25) is 0 Å². The highest BCUT2D eigenvalue weighted by atomic mass is 16.5. The molecule has 1 aromatic rings. The Hall–Kier alpha value is -1.06. The lowest BCUT2D eigenvalue weighted by molar-refractivity contribution is -0.00668. The Morgan fingerprint density at radius 2 is 1.75 bits per heavy atom. The number of ether oxygens (including phenoxy) is 1. The molecular formula is C17H27NO2. The average Bonchev–Trinajstić information content (AvgIpc) is 2.88. The molecule has 1 aliphatic rings. The lowest BCUT2D eigenvalue weighted by Gasteiger charge is -2.41. The zero-order valence-corrected chi connectivity index (χ0v) is 13.1. The monoisotopic (exact) mass is 277 g/mol. The summed E-state index contributed by atoms with van der Waals surface area (Å²) in [7, 11) is 4.14. The zero-order chi connectivity index (χ0) is 14.8. The SMILES string of the molecule is CC(C)Oc1ccccc1C(O)C1(N(C)C)CCCC1. The van der Waals surface area contributed by atoms with E-state index in [2.05, 4.69) is 19.0 Å². The molecule has 0 aromatic heterocycles. The van der Waals surface area contributed by atoms with Crippen molar-refractivity contribution in [1.29, 1.82) is 0 Å². The molecule has 112 valence electrons. The van der Waals surface area contributed by atoms with E-state index in [1.807, 2.05) is 38.1 Å². The smallest absolute Gasteiger partial charge is 0.125 e. The predicted molar refractivity (Wildman–Crippen MR) is 82.1 cm³/mol. The molecule has 1 N–H and O–H groups in total. The quantitative estimate of drug-likeness (QED) is 0.895. The topological polar surface area (TPSA) is 32.7 Å². The van der Waals surface area contributed by atoms with Gasteiger partial charge >= 0.3 is 0 Å². The van der Waals surface area contributed by atoms with Crippen LogP contribution >= 0.6 is 0 Å². The number of rotatable bonds is 5. The first kappa shape index (κ1) is 15.3. The van der Waals surface area contributed by atoms with Crippen LogP contribution in [0, 0.1) is 0 Å². The molecule has 20 heavy (non-hydrogen) atoms. The summed E-state index contributed by atoms with van der Waals surface area (Å²) in [6.45, 7) is 4.03. The minimum atomic E-state index is -0.505. The van der Waals surface area contributed by atoms with Crippen LogP contribution in [0.3, 0.4) is 0 Å². The lowest BCUT2D eigenvalue weighted by Crippen LogP contribution is -2.47. The highest BCUT2D eigenvalue weighted by Gasteiger charge is 2.44. The first-order chi connectivity index (χ1) is 9.47. The Morgan fingerprint density at radius 1 is 1.15 bits per heavy atom.